The Bertz CT molecular complexity index is 892. The zero-order valence-electron chi connectivity index (χ0n) is 18.5. The Balaban J connectivity index is 1.61. The van der Waals surface area contributed by atoms with Crippen LogP contribution in [0.15, 0.2) is 24.3 Å². The van der Waals surface area contributed by atoms with Crippen LogP contribution in [0.1, 0.15) is 30.6 Å². The molecule has 0 aliphatic carbocycles. The summed E-state index contributed by atoms with van der Waals surface area (Å²) in [7, 11) is 4.88. The molecule has 5 atom stereocenters. The molecule has 1 aromatic rings. The highest BCUT2D eigenvalue weighted by Crippen LogP contribution is 2.33. The molecule has 8 nitrogen and oxygen atoms in total. The SMILES string of the molecule is COC(=O)c1cccc(N(C)C(=O)C2CC(SC(=O)C(C)C3NC(=O)C3C)CN2C)c1. The lowest BCUT2D eigenvalue weighted by Gasteiger charge is -2.37. The highest BCUT2D eigenvalue weighted by molar-refractivity contribution is 8.14. The third-order valence-electron chi connectivity index (χ3n) is 6.23. The van der Waals surface area contributed by atoms with Crippen LogP contribution in [0.25, 0.3) is 0 Å². The van der Waals surface area contributed by atoms with E-state index in [1.54, 1.807) is 31.3 Å². The summed E-state index contributed by atoms with van der Waals surface area (Å²) in [6.07, 6.45) is 0.562. The third kappa shape index (κ3) is 4.77. The minimum Gasteiger partial charge on any atom is -0.465 e. The molecule has 0 spiro atoms. The second-order valence-electron chi connectivity index (χ2n) is 8.30. The van der Waals surface area contributed by atoms with Crippen LogP contribution in [0, 0.1) is 11.8 Å². The lowest BCUT2D eigenvalue weighted by Crippen LogP contribution is -2.60. The molecule has 2 amide bonds. The van der Waals surface area contributed by atoms with E-state index in [1.165, 1.54) is 23.8 Å². The first kappa shape index (κ1) is 23.3. The molecular formula is C22H29N3O5S. The number of anilines is 1. The molecule has 0 radical (unpaired) electrons. The number of rotatable bonds is 6. The van der Waals surface area contributed by atoms with Crippen LogP contribution in [0.5, 0.6) is 0 Å². The van der Waals surface area contributed by atoms with Crippen LogP contribution < -0.4 is 10.2 Å². The topological polar surface area (TPSA) is 96.0 Å². The van der Waals surface area contributed by atoms with E-state index in [1.807, 2.05) is 25.8 Å². The number of methoxy groups -OCH3 is 1. The van der Waals surface area contributed by atoms with Gasteiger partial charge < -0.3 is 15.0 Å². The first-order valence-electron chi connectivity index (χ1n) is 10.3. The minimum absolute atomic E-state index is 0.00906. The van der Waals surface area contributed by atoms with Gasteiger partial charge in [0.25, 0.3) is 0 Å². The molecule has 2 saturated heterocycles. The summed E-state index contributed by atoms with van der Waals surface area (Å²) in [6.45, 7) is 4.31. The van der Waals surface area contributed by atoms with Gasteiger partial charge >= 0.3 is 5.97 Å². The van der Waals surface area contributed by atoms with E-state index in [0.29, 0.717) is 24.2 Å². The van der Waals surface area contributed by atoms with E-state index in [9.17, 15) is 19.2 Å². The van der Waals surface area contributed by atoms with Crippen LogP contribution >= 0.6 is 11.8 Å². The van der Waals surface area contributed by atoms with Gasteiger partial charge in [-0.15, -0.1) is 0 Å². The standard InChI is InChI=1S/C22H29N3O5S/c1-12-18(23-19(12)26)13(2)22(29)31-16-10-17(24(3)11-16)20(27)25(4)15-8-6-7-14(9-15)21(28)30-5/h6-9,12-13,16-18H,10-11H2,1-5H3,(H,23,26). The van der Waals surface area contributed by atoms with Gasteiger partial charge in [-0.05, 0) is 31.7 Å². The molecular weight excluding hydrogens is 418 g/mol. The number of esters is 1. The van der Waals surface area contributed by atoms with E-state index in [-0.39, 0.29) is 46.1 Å². The van der Waals surface area contributed by atoms with Crippen molar-refractivity contribution in [2.45, 2.75) is 37.6 Å². The van der Waals surface area contributed by atoms with Gasteiger partial charge in [-0.3, -0.25) is 19.3 Å². The number of carbonyl (C=O) groups is 4. The van der Waals surface area contributed by atoms with Crippen LogP contribution in [0.4, 0.5) is 5.69 Å². The fraction of sp³-hybridized carbons (Fsp3) is 0.545. The summed E-state index contributed by atoms with van der Waals surface area (Å²) in [5.74, 6) is -0.967. The lowest BCUT2D eigenvalue weighted by atomic mass is 9.84. The van der Waals surface area contributed by atoms with Gasteiger partial charge in [0.1, 0.15) is 0 Å². The number of likely N-dealkylation sites (tertiary alicyclic amines) is 1. The Kier molecular flexibility index (Phi) is 7.06. The summed E-state index contributed by atoms with van der Waals surface area (Å²) in [6, 6.07) is 6.28. The maximum absolute atomic E-state index is 13.1. The average Bonchev–Trinajstić information content (AvgIpc) is 3.14. The Morgan fingerprint density at radius 2 is 2.03 bits per heavy atom. The molecule has 0 aromatic heterocycles. The number of nitrogens with one attached hydrogen (secondary N) is 1. The van der Waals surface area contributed by atoms with Gasteiger partial charge in [0.15, 0.2) is 5.12 Å². The molecule has 0 bridgehead atoms. The molecule has 1 aromatic carbocycles. The second kappa shape index (κ2) is 9.40. The summed E-state index contributed by atoms with van der Waals surface area (Å²) >= 11 is 1.27. The van der Waals surface area contributed by atoms with E-state index in [4.69, 9.17) is 4.74 Å². The number of amides is 2. The smallest absolute Gasteiger partial charge is 0.337 e. The van der Waals surface area contributed by atoms with Crippen molar-refractivity contribution in [2.75, 3.05) is 32.6 Å². The zero-order valence-corrected chi connectivity index (χ0v) is 19.3. The first-order chi connectivity index (χ1) is 14.6. The monoisotopic (exact) mass is 447 g/mol. The van der Waals surface area contributed by atoms with Gasteiger partial charge in [-0.2, -0.15) is 0 Å². The van der Waals surface area contributed by atoms with Gasteiger partial charge in [-0.1, -0.05) is 31.7 Å². The first-order valence-corrected chi connectivity index (χ1v) is 11.2. The van der Waals surface area contributed by atoms with Crippen molar-refractivity contribution in [2.24, 2.45) is 11.8 Å². The number of nitrogens with zero attached hydrogens (tertiary/aromatic N) is 2. The number of hydrogen-bond acceptors (Lipinski definition) is 7. The normalized spacial score (nSPS) is 26.5. The quantitative estimate of drug-likeness (QED) is 0.522. The average molecular weight is 448 g/mol. The maximum Gasteiger partial charge on any atom is 0.337 e. The fourth-order valence-corrected chi connectivity index (χ4v) is 5.38. The summed E-state index contributed by atoms with van der Waals surface area (Å²) in [5, 5.41) is 2.86. The molecule has 2 aliphatic rings. The predicted molar refractivity (Wildman–Crippen MR) is 119 cm³/mol. The molecule has 2 fully saturated rings. The van der Waals surface area contributed by atoms with Gasteiger partial charge in [0.05, 0.1) is 30.7 Å². The molecule has 9 heteroatoms. The third-order valence-corrected chi connectivity index (χ3v) is 7.51. The molecule has 168 valence electrons. The van der Waals surface area contributed by atoms with Crippen LogP contribution in [-0.4, -0.2) is 72.9 Å². The molecule has 2 aliphatic heterocycles. The number of benzene rings is 1. The van der Waals surface area contributed by atoms with Crippen molar-refractivity contribution in [3.05, 3.63) is 29.8 Å². The number of thioether (sulfide) groups is 1. The number of ether oxygens (including phenoxy) is 1. The van der Waals surface area contributed by atoms with E-state index in [2.05, 4.69) is 5.32 Å². The minimum atomic E-state index is -0.457. The Labute approximate surface area is 186 Å². The van der Waals surface area contributed by atoms with Crippen molar-refractivity contribution in [1.29, 1.82) is 0 Å². The number of hydrogen-bond donors (Lipinski definition) is 1. The Morgan fingerprint density at radius 3 is 2.65 bits per heavy atom. The van der Waals surface area contributed by atoms with E-state index in [0.717, 1.165) is 0 Å². The van der Waals surface area contributed by atoms with Crippen molar-refractivity contribution >= 4 is 40.3 Å². The van der Waals surface area contributed by atoms with Gasteiger partial charge in [-0.25, -0.2) is 4.79 Å². The Hall–Kier alpha value is -2.39. The van der Waals surface area contributed by atoms with Crippen LogP contribution in [0.2, 0.25) is 0 Å². The van der Waals surface area contributed by atoms with Crippen molar-refractivity contribution in [3.63, 3.8) is 0 Å². The van der Waals surface area contributed by atoms with Crippen LogP contribution in [-0.2, 0) is 19.1 Å². The highest BCUT2D eigenvalue weighted by atomic mass is 32.2. The van der Waals surface area contributed by atoms with Crippen molar-refractivity contribution in [1.82, 2.24) is 10.2 Å². The maximum atomic E-state index is 13.1. The molecule has 2 heterocycles. The number of likely N-dealkylation sites (N-methyl/N-ethyl adjacent to an activating group) is 2. The molecule has 0 saturated carbocycles. The summed E-state index contributed by atoms with van der Waals surface area (Å²) < 4.78 is 4.75. The molecule has 3 rings (SSSR count). The van der Waals surface area contributed by atoms with Crippen LogP contribution in [0.3, 0.4) is 0 Å². The zero-order chi connectivity index (χ0) is 22.9. The van der Waals surface area contributed by atoms with Gasteiger partial charge in [0, 0.05) is 30.4 Å². The summed E-state index contributed by atoms with van der Waals surface area (Å²) in [4.78, 5) is 52.6. The molecule has 5 unspecified atom stereocenters. The Morgan fingerprint density at radius 1 is 1.32 bits per heavy atom. The van der Waals surface area contributed by atoms with Crippen molar-refractivity contribution < 1.29 is 23.9 Å². The lowest BCUT2D eigenvalue weighted by molar-refractivity contribution is -0.137. The molecule has 31 heavy (non-hydrogen) atoms. The van der Waals surface area contributed by atoms with E-state index < -0.39 is 5.97 Å². The largest absolute Gasteiger partial charge is 0.465 e. The second-order valence-corrected chi connectivity index (χ2v) is 9.61. The number of carbonyl (C=O) groups excluding carboxylic acids is 4. The van der Waals surface area contributed by atoms with Crippen molar-refractivity contribution in [3.8, 4) is 0 Å². The fourth-order valence-electron chi connectivity index (χ4n) is 4.10. The number of β-lactam (4-membered cyclic amide) rings is 1. The van der Waals surface area contributed by atoms with E-state index >= 15 is 0 Å². The predicted octanol–water partition coefficient (Wildman–Crippen LogP) is 1.54. The summed E-state index contributed by atoms with van der Waals surface area (Å²) in [5.41, 5.74) is 0.988. The highest BCUT2D eigenvalue weighted by Gasteiger charge is 2.43. The van der Waals surface area contributed by atoms with Gasteiger partial charge in [0.2, 0.25) is 11.8 Å². The molecule has 1 N–H and O–H groups in total.